The summed E-state index contributed by atoms with van der Waals surface area (Å²) in [4.78, 5) is 8.74. The Kier molecular flexibility index (Phi) is 4.03. The molecular formula is C18H7Br2ClFN2. The van der Waals surface area contributed by atoms with E-state index in [1.165, 1.54) is 6.07 Å². The molecule has 0 bridgehead atoms. The Balaban J connectivity index is 2.02. The molecule has 2 aromatic heterocycles. The molecule has 2 nitrogen and oxygen atoms in total. The second kappa shape index (κ2) is 6.06. The van der Waals surface area contributed by atoms with E-state index >= 15 is 0 Å². The fourth-order valence-electron chi connectivity index (χ4n) is 2.60. The van der Waals surface area contributed by atoms with Gasteiger partial charge in [-0.1, -0.05) is 11.6 Å². The first-order valence-electron chi connectivity index (χ1n) is 6.94. The largest absolute Gasteiger partial charge is 0.252 e. The average molecular weight is 466 g/mol. The van der Waals surface area contributed by atoms with Crippen molar-refractivity contribution in [1.82, 2.24) is 9.97 Å². The maximum absolute atomic E-state index is 14.4. The summed E-state index contributed by atoms with van der Waals surface area (Å²) in [7, 11) is 0. The van der Waals surface area contributed by atoms with E-state index < -0.39 is 5.82 Å². The Morgan fingerprint density at radius 1 is 1.00 bits per heavy atom. The first-order valence-corrected chi connectivity index (χ1v) is 8.90. The van der Waals surface area contributed by atoms with Crippen LogP contribution in [0.15, 0.2) is 51.5 Å². The fourth-order valence-corrected chi connectivity index (χ4v) is 3.72. The summed E-state index contributed by atoms with van der Waals surface area (Å²) in [5.74, 6) is -0.392. The number of pyridine rings is 2. The van der Waals surface area contributed by atoms with Gasteiger partial charge in [0.25, 0.3) is 0 Å². The molecule has 6 heteroatoms. The molecule has 4 rings (SSSR count). The number of nitrogens with zero attached hydrogens (tertiary/aromatic N) is 2. The van der Waals surface area contributed by atoms with Crippen molar-refractivity contribution >= 4 is 65.3 Å². The molecule has 0 aliphatic heterocycles. The Hall–Kier alpha value is -1.56. The highest BCUT2D eigenvalue weighted by Gasteiger charge is 2.13. The van der Waals surface area contributed by atoms with Crippen LogP contribution in [-0.2, 0) is 0 Å². The molecule has 0 atom stereocenters. The molecule has 0 aliphatic carbocycles. The SMILES string of the molecule is Fc1cc(-c2nc3c(Cl)c[c]cc3cc2Br)cc2cc(Br)cnc12. The van der Waals surface area contributed by atoms with Gasteiger partial charge in [0.15, 0.2) is 0 Å². The van der Waals surface area contributed by atoms with Gasteiger partial charge in [0.1, 0.15) is 11.3 Å². The molecule has 0 unspecified atom stereocenters. The van der Waals surface area contributed by atoms with E-state index in [1.54, 1.807) is 12.3 Å². The number of fused-ring (bicyclic) bond motifs is 2. The van der Waals surface area contributed by atoms with Gasteiger partial charge in [0.05, 0.1) is 16.2 Å². The molecule has 1 radical (unpaired) electrons. The van der Waals surface area contributed by atoms with Crippen molar-refractivity contribution in [2.45, 2.75) is 0 Å². The van der Waals surface area contributed by atoms with E-state index in [-0.39, 0.29) is 0 Å². The Morgan fingerprint density at radius 3 is 2.67 bits per heavy atom. The summed E-state index contributed by atoms with van der Waals surface area (Å²) in [6, 6.07) is 13.5. The van der Waals surface area contributed by atoms with E-state index in [9.17, 15) is 4.39 Å². The lowest BCUT2D eigenvalue weighted by atomic mass is 10.1. The number of halogens is 4. The molecule has 0 spiro atoms. The van der Waals surface area contributed by atoms with Crippen LogP contribution in [0, 0.1) is 11.9 Å². The van der Waals surface area contributed by atoms with Crippen molar-refractivity contribution < 1.29 is 4.39 Å². The Morgan fingerprint density at radius 2 is 1.83 bits per heavy atom. The number of benzene rings is 2. The summed E-state index contributed by atoms with van der Waals surface area (Å²) in [6.45, 7) is 0. The van der Waals surface area contributed by atoms with E-state index in [1.807, 2.05) is 24.3 Å². The standard InChI is InChI=1S/C18H7Br2ClFN2/c19-12-5-10-4-11(7-15(22)18(10)23-8-12)16-13(20)6-9-2-1-3-14(21)17(9)24-16/h2-8H. The average Bonchev–Trinajstić information content (AvgIpc) is 2.54. The van der Waals surface area contributed by atoms with Crippen LogP contribution >= 0.6 is 43.5 Å². The minimum Gasteiger partial charge on any atom is -0.252 e. The zero-order valence-electron chi connectivity index (χ0n) is 11.9. The van der Waals surface area contributed by atoms with Crippen LogP contribution in [0.4, 0.5) is 4.39 Å². The minimum absolute atomic E-state index is 0.325. The third-order valence-electron chi connectivity index (χ3n) is 3.66. The predicted molar refractivity (Wildman–Crippen MR) is 102 cm³/mol. The first-order chi connectivity index (χ1) is 11.5. The third-order valence-corrected chi connectivity index (χ3v) is 4.98. The van der Waals surface area contributed by atoms with E-state index in [0.29, 0.717) is 32.7 Å². The molecular weight excluding hydrogens is 458 g/mol. The number of aromatic nitrogens is 2. The van der Waals surface area contributed by atoms with Gasteiger partial charge in [-0.2, -0.15) is 0 Å². The molecule has 2 heterocycles. The number of rotatable bonds is 1. The summed E-state index contributed by atoms with van der Waals surface area (Å²) in [6.07, 6.45) is 1.57. The minimum atomic E-state index is -0.392. The first kappa shape index (κ1) is 15.9. The second-order valence-corrected chi connectivity index (χ2v) is 7.42. The van der Waals surface area contributed by atoms with Crippen LogP contribution in [0.25, 0.3) is 33.1 Å². The highest BCUT2D eigenvalue weighted by atomic mass is 79.9. The molecule has 0 saturated carbocycles. The van der Waals surface area contributed by atoms with Crippen molar-refractivity contribution in [3.8, 4) is 11.3 Å². The van der Waals surface area contributed by atoms with E-state index in [0.717, 1.165) is 14.3 Å². The van der Waals surface area contributed by atoms with Crippen molar-refractivity contribution in [2.24, 2.45) is 0 Å². The summed E-state index contributed by atoms with van der Waals surface area (Å²) >= 11 is 13.1. The molecule has 0 N–H and O–H groups in total. The Bertz CT molecular complexity index is 1120. The monoisotopic (exact) mass is 463 g/mol. The lowest BCUT2D eigenvalue weighted by Gasteiger charge is -2.09. The van der Waals surface area contributed by atoms with E-state index in [4.69, 9.17) is 11.6 Å². The van der Waals surface area contributed by atoms with Crippen molar-refractivity contribution in [2.75, 3.05) is 0 Å². The van der Waals surface area contributed by atoms with Gasteiger partial charge in [-0.05, 0) is 74.3 Å². The normalized spacial score (nSPS) is 11.3. The van der Waals surface area contributed by atoms with Crippen LogP contribution in [0.5, 0.6) is 0 Å². The van der Waals surface area contributed by atoms with Crippen LogP contribution in [-0.4, -0.2) is 9.97 Å². The van der Waals surface area contributed by atoms with Gasteiger partial charge in [-0.25, -0.2) is 9.37 Å². The zero-order chi connectivity index (χ0) is 16.8. The quantitative estimate of drug-likeness (QED) is 0.318. The predicted octanol–water partition coefficient (Wildman–Crippen LogP) is 6.57. The zero-order valence-corrected chi connectivity index (χ0v) is 15.9. The van der Waals surface area contributed by atoms with Gasteiger partial charge in [0, 0.05) is 31.5 Å². The van der Waals surface area contributed by atoms with Crippen LogP contribution in [0.2, 0.25) is 5.02 Å². The molecule has 4 aromatic rings. The van der Waals surface area contributed by atoms with Gasteiger partial charge in [0.2, 0.25) is 0 Å². The van der Waals surface area contributed by atoms with Crippen molar-refractivity contribution in [3.63, 3.8) is 0 Å². The lowest BCUT2D eigenvalue weighted by molar-refractivity contribution is 0.637. The molecule has 24 heavy (non-hydrogen) atoms. The number of hydrogen-bond acceptors (Lipinski definition) is 2. The van der Waals surface area contributed by atoms with E-state index in [2.05, 4.69) is 47.9 Å². The van der Waals surface area contributed by atoms with Gasteiger partial charge >= 0.3 is 0 Å². The van der Waals surface area contributed by atoms with Crippen LogP contribution in [0.3, 0.4) is 0 Å². The van der Waals surface area contributed by atoms with Crippen molar-refractivity contribution in [3.05, 3.63) is 68.4 Å². The molecule has 0 fully saturated rings. The van der Waals surface area contributed by atoms with Gasteiger partial charge in [-0.3, -0.25) is 4.98 Å². The maximum atomic E-state index is 14.4. The highest BCUT2D eigenvalue weighted by molar-refractivity contribution is 9.10. The second-order valence-electron chi connectivity index (χ2n) is 5.24. The molecule has 0 aliphatic rings. The van der Waals surface area contributed by atoms with Crippen molar-refractivity contribution in [1.29, 1.82) is 0 Å². The lowest BCUT2D eigenvalue weighted by Crippen LogP contribution is -1.92. The maximum Gasteiger partial charge on any atom is 0.150 e. The van der Waals surface area contributed by atoms with Gasteiger partial charge < -0.3 is 0 Å². The van der Waals surface area contributed by atoms with Gasteiger partial charge in [-0.15, -0.1) is 0 Å². The van der Waals surface area contributed by atoms with Crippen LogP contribution in [0.1, 0.15) is 0 Å². The third kappa shape index (κ3) is 2.70. The molecule has 0 saturated heterocycles. The summed E-state index contributed by atoms with van der Waals surface area (Å²) < 4.78 is 16.0. The molecule has 2 aromatic carbocycles. The molecule has 117 valence electrons. The topological polar surface area (TPSA) is 25.8 Å². The smallest absolute Gasteiger partial charge is 0.150 e. The number of hydrogen-bond donors (Lipinski definition) is 0. The fraction of sp³-hybridized carbons (Fsp3) is 0. The summed E-state index contributed by atoms with van der Waals surface area (Å²) in [5, 5.41) is 2.07. The summed E-state index contributed by atoms with van der Waals surface area (Å²) in [5.41, 5.74) is 2.25. The van der Waals surface area contributed by atoms with Crippen LogP contribution < -0.4 is 0 Å². The Labute approximate surface area is 158 Å². The molecule has 0 amide bonds. The highest BCUT2D eigenvalue weighted by Crippen LogP contribution is 2.34.